The molecule has 1 fully saturated rings. The van der Waals surface area contributed by atoms with Crippen LogP contribution < -0.4 is 10.6 Å². The Kier molecular flexibility index (Phi) is 6.52. The zero-order valence-electron chi connectivity index (χ0n) is 11.0. The second-order valence-electron chi connectivity index (χ2n) is 5.27. The Morgan fingerprint density at radius 2 is 2.29 bits per heavy atom. The molecule has 1 aliphatic heterocycles. The van der Waals surface area contributed by atoms with Crippen molar-refractivity contribution in [2.75, 3.05) is 19.7 Å². The Balaban J connectivity index is 2.24. The lowest BCUT2D eigenvalue weighted by atomic mass is 9.85. The van der Waals surface area contributed by atoms with Gasteiger partial charge in [0.25, 0.3) is 0 Å². The molecule has 0 aromatic carbocycles. The van der Waals surface area contributed by atoms with Gasteiger partial charge in [0.15, 0.2) is 0 Å². The third kappa shape index (κ3) is 5.50. The van der Waals surface area contributed by atoms with E-state index in [9.17, 15) is 4.79 Å². The van der Waals surface area contributed by atoms with E-state index < -0.39 is 0 Å². The highest BCUT2D eigenvalue weighted by Gasteiger charge is 2.22. The van der Waals surface area contributed by atoms with E-state index in [1.54, 1.807) is 0 Å². The zero-order valence-corrected chi connectivity index (χ0v) is 11.0. The molecule has 1 rings (SSSR count). The molecule has 17 heavy (non-hydrogen) atoms. The second kappa shape index (κ2) is 7.67. The first-order chi connectivity index (χ1) is 8.13. The van der Waals surface area contributed by atoms with E-state index in [1.165, 1.54) is 12.8 Å². The molecule has 1 saturated heterocycles. The maximum Gasteiger partial charge on any atom is 0.220 e. The molecule has 0 aromatic heterocycles. The molecule has 3 N–H and O–H groups in total. The molecule has 4 nitrogen and oxygen atoms in total. The van der Waals surface area contributed by atoms with Gasteiger partial charge >= 0.3 is 0 Å². The van der Waals surface area contributed by atoms with E-state index in [1.807, 2.05) is 6.92 Å². The van der Waals surface area contributed by atoms with Crippen molar-refractivity contribution in [3.05, 3.63) is 0 Å². The van der Waals surface area contributed by atoms with Crippen molar-refractivity contribution >= 4 is 5.91 Å². The first kappa shape index (κ1) is 14.5. The predicted molar refractivity (Wildman–Crippen MR) is 68.7 cm³/mol. The average molecular weight is 242 g/mol. The number of piperidine rings is 1. The molecule has 0 aliphatic carbocycles. The minimum atomic E-state index is 0.0733. The van der Waals surface area contributed by atoms with Gasteiger partial charge in [0.1, 0.15) is 0 Å². The van der Waals surface area contributed by atoms with Crippen LogP contribution in [0.3, 0.4) is 0 Å². The highest BCUT2D eigenvalue weighted by Crippen LogP contribution is 2.22. The smallest absolute Gasteiger partial charge is 0.220 e. The number of hydrogen-bond donors (Lipinski definition) is 3. The summed E-state index contributed by atoms with van der Waals surface area (Å²) in [5.74, 6) is 1.18. The highest BCUT2D eigenvalue weighted by molar-refractivity contribution is 5.76. The average Bonchev–Trinajstić information content (AvgIpc) is 2.30. The summed E-state index contributed by atoms with van der Waals surface area (Å²) in [7, 11) is 0. The Labute approximate surface area is 104 Å². The molecule has 1 aliphatic rings. The van der Waals surface area contributed by atoms with Gasteiger partial charge in [0, 0.05) is 19.1 Å². The van der Waals surface area contributed by atoms with Crippen molar-refractivity contribution in [3.63, 3.8) is 0 Å². The quantitative estimate of drug-likeness (QED) is 0.648. The van der Waals surface area contributed by atoms with Crippen molar-refractivity contribution in [3.8, 4) is 0 Å². The van der Waals surface area contributed by atoms with E-state index >= 15 is 0 Å². The molecule has 0 bridgehead atoms. The number of aliphatic hydroxyl groups excluding tert-OH is 1. The minimum absolute atomic E-state index is 0.0733. The van der Waals surface area contributed by atoms with Gasteiger partial charge < -0.3 is 15.7 Å². The SMILES string of the molecule is CC(CCO)NC(=O)CC(C)C1CCCNC1. The largest absolute Gasteiger partial charge is 0.396 e. The Morgan fingerprint density at radius 3 is 2.88 bits per heavy atom. The number of carbonyl (C=O) groups excluding carboxylic acids is 1. The van der Waals surface area contributed by atoms with Crippen LogP contribution in [0.1, 0.15) is 39.5 Å². The van der Waals surface area contributed by atoms with E-state index in [0.29, 0.717) is 24.7 Å². The summed E-state index contributed by atoms with van der Waals surface area (Å²) in [4.78, 5) is 11.8. The Morgan fingerprint density at radius 1 is 1.53 bits per heavy atom. The van der Waals surface area contributed by atoms with E-state index in [4.69, 9.17) is 5.11 Å². The highest BCUT2D eigenvalue weighted by atomic mass is 16.3. The molecule has 0 spiro atoms. The van der Waals surface area contributed by atoms with E-state index in [0.717, 1.165) is 13.1 Å². The van der Waals surface area contributed by atoms with Gasteiger partial charge in [-0.2, -0.15) is 0 Å². The molecular weight excluding hydrogens is 216 g/mol. The van der Waals surface area contributed by atoms with Crippen LogP contribution >= 0.6 is 0 Å². The van der Waals surface area contributed by atoms with Crippen molar-refractivity contribution in [2.45, 2.75) is 45.6 Å². The summed E-state index contributed by atoms with van der Waals surface area (Å²) >= 11 is 0. The van der Waals surface area contributed by atoms with Crippen LogP contribution in [-0.4, -0.2) is 36.8 Å². The molecule has 3 unspecified atom stereocenters. The lowest BCUT2D eigenvalue weighted by molar-refractivity contribution is -0.123. The summed E-state index contributed by atoms with van der Waals surface area (Å²) in [6.07, 6.45) is 3.68. The summed E-state index contributed by atoms with van der Waals surface area (Å²) < 4.78 is 0. The topological polar surface area (TPSA) is 61.4 Å². The fourth-order valence-electron chi connectivity index (χ4n) is 2.42. The Hall–Kier alpha value is -0.610. The van der Waals surface area contributed by atoms with Gasteiger partial charge in [-0.1, -0.05) is 6.92 Å². The molecule has 3 atom stereocenters. The number of aliphatic hydroxyl groups is 1. The van der Waals surface area contributed by atoms with Gasteiger partial charge in [-0.25, -0.2) is 0 Å². The van der Waals surface area contributed by atoms with Crippen molar-refractivity contribution < 1.29 is 9.90 Å². The molecule has 0 radical (unpaired) electrons. The number of rotatable bonds is 6. The van der Waals surface area contributed by atoms with Crippen LogP contribution in [-0.2, 0) is 4.79 Å². The standard InChI is InChI=1S/C13H26N2O2/c1-10(12-4-3-6-14-9-12)8-13(17)15-11(2)5-7-16/h10-12,14,16H,3-9H2,1-2H3,(H,15,17). The first-order valence-corrected chi connectivity index (χ1v) is 6.74. The molecule has 4 heteroatoms. The molecule has 1 amide bonds. The van der Waals surface area contributed by atoms with Crippen LogP contribution in [0, 0.1) is 11.8 Å². The summed E-state index contributed by atoms with van der Waals surface area (Å²) in [5.41, 5.74) is 0. The molecule has 0 saturated carbocycles. The number of amides is 1. The van der Waals surface area contributed by atoms with E-state index in [2.05, 4.69) is 17.6 Å². The fraction of sp³-hybridized carbons (Fsp3) is 0.923. The van der Waals surface area contributed by atoms with E-state index in [-0.39, 0.29) is 18.6 Å². The molecule has 100 valence electrons. The van der Waals surface area contributed by atoms with Gasteiger partial charge in [0.05, 0.1) is 0 Å². The third-order valence-electron chi connectivity index (χ3n) is 3.62. The predicted octanol–water partition coefficient (Wildman–Crippen LogP) is 0.899. The molecule has 1 heterocycles. The van der Waals surface area contributed by atoms with Crippen molar-refractivity contribution in [1.82, 2.24) is 10.6 Å². The van der Waals surface area contributed by atoms with Crippen LogP contribution in [0.2, 0.25) is 0 Å². The zero-order chi connectivity index (χ0) is 12.7. The summed E-state index contributed by atoms with van der Waals surface area (Å²) in [6, 6.07) is 0.0733. The second-order valence-corrected chi connectivity index (χ2v) is 5.27. The minimum Gasteiger partial charge on any atom is -0.396 e. The van der Waals surface area contributed by atoms with Gasteiger partial charge in [0.2, 0.25) is 5.91 Å². The van der Waals surface area contributed by atoms with Gasteiger partial charge in [-0.3, -0.25) is 4.79 Å². The lowest BCUT2D eigenvalue weighted by Gasteiger charge is -2.28. The van der Waals surface area contributed by atoms with Crippen molar-refractivity contribution in [1.29, 1.82) is 0 Å². The summed E-state index contributed by atoms with van der Waals surface area (Å²) in [6.45, 7) is 6.38. The van der Waals surface area contributed by atoms with Crippen molar-refractivity contribution in [2.24, 2.45) is 11.8 Å². The number of nitrogens with one attached hydrogen (secondary N) is 2. The number of carbonyl (C=O) groups is 1. The maximum absolute atomic E-state index is 11.8. The fourth-order valence-corrected chi connectivity index (χ4v) is 2.42. The molecule has 0 aromatic rings. The van der Waals surface area contributed by atoms with Crippen LogP contribution in [0.15, 0.2) is 0 Å². The summed E-state index contributed by atoms with van der Waals surface area (Å²) in [5, 5.41) is 15.1. The third-order valence-corrected chi connectivity index (χ3v) is 3.62. The van der Waals surface area contributed by atoms with Gasteiger partial charge in [-0.15, -0.1) is 0 Å². The number of hydrogen-bond acceptors (Lipinski definition) is 3. The normalized spacial score (nSPS) is 24.1. The molecular formula is C13H26N2O2. The van der Waals surface area contributed by atoms with Gasteiger partial charge in [-0.05, 0) is 51.1 Å². The van der Waals surface area contributed by atoms with Crippen LogP contribution in [0.25, 0.3) is 0 Å². The maximum atomic E-state index is 11.8. The monoisotopic (exact) mass is 242 g/mol. The van der Waals surface area contributed by atoms with Crippen LogP contribution in [0.4, 0.5) is 0 Å². The van der Waals surface area contributed by atoms with Crippen LogP contribution in [0.5, 0.6) is 0 Å². The lowest BCUT2D eigenvalue weighted by Crippen LogP contribution is -2.38. The Bertz CT molecular complexity index is 227. The first-order valence-electron chi connectivity index (χ1n) is 6.74.